The average molecular weight is 286 g/mol. The van der Waals surface area contributed by atoms with Crippen LogP contribution in [0.1, 0.15) is 10.9 Å². The molecule has 1 aromatic carbocycles. The zero-order chi connectivity index (χ0) is 10.7. The quantitative estimate of drug-likeness (QED) is 0.796. The largest absolute Gasteiger partial charge is 0.325 e. The van der Waals surface area contributed by atoms with Crippen molar-refractivity contribution in [3.8, 4) is 0 Å². The molecule has 1 unspecified atom stereocenters. The van der Waals surface area contributed by atoms with E-state index < -0.39 is 0 Å². The third-order valence-corrected chi connectivity index (χ3v) is 3.99. The van der Waals surface area contributed by atoms with Crippen molar-refractivity contribution in [1.82, 2.24) is 4.90 Å². The van der Waals surface area contributed by atoms with E-state index in [1.807, 2.05) is 23.1 Å². The van der Waals surface area contributed by atoms with Crippen molar-refractivity contribution in [2.24, 2.45) is 0 Å². The van der Waals surface area contributed by atoms with E-state index in [2.05, 4.69) is 28.1 Å². The Kier molecular flexibility index (Phi) is 3.70. The summed E-state index contributed by atoms with van der Waals surface area (Å²) in [7, 11) is 0. The smallest absolute Gasteiger partial charge is 0.233 e. The molecule has 2 rings (SSSR count). The van der Waals surface area contributed by atoms with Gasteiger partial charge in [-0.2, -0.15) is 0 Å². The van der Waals surface area contributed by atoms with Crippen LogP contribution < -0.4 is 0 Å². The Labute approximate surface area is 102 Å². The van der Waals surface area contributed by atoms with Gasteiger partial charge in [-0.3, -0.25) is 4.79 Å². The van der Waals surface area contributed by atoms with Gasteiger partial charge < -0.3 is 4.90 Å². The first-order valence-corrected chi connectivity index (χ1v) is 7.02. The molecule has 4 heteroatoms. The zero-order valence-electron chi connectivity index (χ0n) is 8.23. The molecule has 0 aliphatic carbocycles. The highest BCUT2D eigenvalue weighted by Crippen LogP contribution is 2.38. The van der Waals surface area contributed by atoms with Crippen LogP contribution in [0.2, 0.25) is 0 Å². The fourth-order valence-corrected chi connectivity index (χ4v) is 3.28. The van der Waals surface area contributed by atoms with Crippen LogP contribution in [0.5, 0.6) is 0 Å². The second-order valence-corrected chi connectivity index (χ2v) is 5.21. The van der Waals surface area contributed by atoms with Gasteiger partial charge in [0.2, 0.25) is 5.91 Å². The summed E-state index contributed by atoms with van der Waals surface area (Å²) in [6.45, 7) is 0.783. The van der Waals surface area contributed by atoms with Crippen molar-refractivity contribution >= 4 is 33.6 Å². The van der Waals surface area contributed by atoms with Crippen LogP contribution in [0.15, 0.2) is 30.3 Å². The molecule has 0 aromatic heterocycles. The molecule has 0 radical (unpaired) electrons. The molecular weight excluding hydrogens is 274 g/mol. The van der Waals surface area contributed by atoms with Gasteiger partial charge in [0.1, 0.15) is 5.37 Å². The summed E-state index contributed by atoms with van der Waals surface area (Å²) in [4.78, 5) is 13.6. The first kappa shape index (κ1) is 11.0. The van der Waals surface area contributed by atoms with Crippen molar-refractivity contribution in [3.05, 3.63) is 35.9 Å². The highest BCUT2D eigenvalue weighted by Gasteiger charge is 2.31. The fraction of sp³-hybridized carbons (Fsp3) is 0.364. The van der Waals surface area contributed by atoms with Crippen LogP contribution in [0.3, 0.4) is 0 Å². The summed E-state index contributed by atoms with van der Waals surface area (Å²) < 4.78 is 0. The SMILES string of the molecule is O=C1CSC(c2ccccc2)N1CCBr. The summed E-state index contributed by atoms with van der Waals surface area (Å²) in [6, 6.07) is 10.2. The van der Waals surface area contributed by atoms with Crippen molar-refractivity contribution in [2.75, 3.05) is 17.6 Å². The van der Waals surface area contributed by atoms with Crippen molar-refractivity contribution in [1.29, 1.82) is 0 Å². The lowest BCUT2D eigenvalue weighted by atomic mass is 10.2. The van der Waals surface area contributed by atoms with Gasteiger partial charge in [-0.15, -0.1) is 11.8 Å². The molecule has 1 aliphatic rings. The Morgan fingerprint density at radius 3 is 2.80 bits per heavy atom. The summed E-state index contributed by atoms with van der Waals surface area (Å²) in [6.07, 6.45) is 0. The number of thioether (sulfide) groups is 1. The van der Waals surface area contributed by atoms with E-state index in [-0.39, 0.29) is 11.3 Å². The second kappa shape index (κ2) is 5.03. The molecular formula is C11H12BrNOS. The number of alkyl halides is 1. The van der Waals surface area contributed by atoms with Crippen molar-refractivity contribution in [3.63, 3.8) is 0 Å². The summed E-state index contributed by atoms with van der Waals surface area (Å²) in [5, 5.41) is 1.04. The number of amides is 1. The minimum atomic E-state index is 0.205. The number of carbonyl (C=O) groups excluding carboxylic acids is 1. The minimum Gasteiger partial charge on any atom is -0.325 e. The van der Waals surface area contributed by atoms with E-state index in [0.29, 0.717) is 5.75 Å². The molecule has 0 spiro atoms. The molecule has 1 fully saturated rings. The van der Waals surface area contributed by atoms with E-state index in [1.54, 1.807) is 11.8 Å². The van der Waals surface area contributed by atoms with E-state index in [9.17, 15) is 4.79 Å². The molecule has 1 aromatic rings. The maximum Gasteiger partial charge on any atom is 0.233 e. The number of hydrogen-bond acceptors (Lipinski definition) is 2. The number of nitrogens with zero attached hydrogens (tertiary/aromatic N) is 1. The third-order valence-electron chi connectivity index (χ3n) is 2.38. The third kappa shape index (κ3) is 2.37. The monoisotopic (exact) mass is 285 g/mol. The topological polar surface area (TPSA) is 20.3 Å². The van der Waals surface area contributed by atoms with E-state index in [4.69, 9.17) is 0 Å². The molecule has 1 aliphatic heterocycles. The van der Waals surface area contributed by atoms with E-state index >= 15 is 0 Å². The molecule has 1 heterocycles. The van der Waals surface area contributed by atoms with Crippen LogP contribution in [0, 0.1) is 0 Å². The Morgan fingerprint density at radius 2 is 2.13 bits per heavy atom. The molecule has 2 nitrogen and oxygen atoms in total. The maximum atomic E-state index is 11.6. The number of halogens is 1. The van der Waals surface area contributed by atoms with Gasteiger partial charge in [0, 0.05) is 11.9 Å². The zero-order valence-corrected chi connectivity index (χ0v) is 10.6. The van der Waals surface area contributed by atoms with Gasteiger partial charge in [-0.1, -0.05) is 46.3 Å². The van der Waals surface area contributed by atoms with E-state index in [0.717, 1.165) is 11.9 Å². The Morgan fingerprint density at radius 1 is 1.40 bits per heavy atom. The molecule has 0 bridgehead atoms. The van der Waals surface area contributed by atoms with Gasteiger partial charge in [0.05, 0.1) is 5.75 Å². The lowest BCUT2D eigenvalue weighted by Gasteiger charge is -2.23. The highest BCUT2D eigenvalue weighted by molar-refractivity contribution is 9.09. The van der Waals surface area contributed by atoms with Crippen LogP contribution >= 0.6 is 27.7 Å². The van der Waals surface area contributed by atoms with Crippen LogP contribution in [0.4, 0.5) is 0 Å². The second-order valence-electron chi connectivity index (χ2n) is 3.35. The van der Waals surface area contributed by atoms with Crippen LogP contribution in [0.25, 0.3) is 0 Å². The van der Waals surface area contributed by atoms with Gasteiger partial charge in [-0.05, 0) is 5.56 Å². The van der Waals surface area contributed by atoms with Crippen molar-refractivity contribution in [2.45, 2.75) is 5.37 Å². The number of carbonyl (C=O) groups is 1. The molecule has 15 heavy (non-hydrogen) atoms. The lowest BCUT2D eigenvalue weighted by molar-refractivity contribution is -0.127. The summed E-state index contributed by atoms with van der Waals surface area (Å²) in [5.41, 5.74) is 1.22. The molecule has 1 amide bonds. The summed E-state index contributed by atoms with van der Waals surface area (Å²) >= 11 is 5.09. The number of benzene rings is 1. The predicted molar refractivity (Wildman–Crippen MR) is 67.1 cm³/mol. The number of hydrogen-bond donors (Lipinski definition) is 0. The first-order chi connectivity index (χ1) is 7.33. The predicted octanol–water partition coefficient (Wildman–Crippen LogP) is 2.66. The Bertz CT molecular complexity index is 344. The van der Waals surface area contributed by atoms with Crippen LogP contribution in [-0.2, 0) is 4.79 Å². The van der Waals surface area contributed by atoms with Gasteiger partial charge >= 0.3 is 0 Å². The Hall–Kier alpha value is -0.480. The maximum absolute atomic E-state index is 11.6. The van der Waals surface area contributed by atoms with E-state index in [1.165, 1.54) is 5.56 Å². The molecule has 1 atom stereocenters. The Balaban J connectivity index is 2.18. The molecule has 80 valence electrons. The van der Waals surface area contributed by atoms with Crippen LogP contribution in [-0.4, -0.2) is 28.4 Å². The molecule has 0 N–H and O–H groups in total. The summed E-state index contributed by atoms with van der Waals surface area (Å²) in [5.74, 6) is 0.848. The van der Waals surface area contributed by atoms with Crippen molar-refractivity contribution < 1.29 is 4.79 Å². The first-order valence-electron chi connectivity index (χ1n) is 4.85. The van der Waals surface area contributed by atoms with Gasteiger partial charge in [-0.25, -0.2) is 0 Å². The average Bonchev–Trinajstić information content (AvgIpc) is 2.63. The normalized spacial score (nSPS) is 21.0. The lowest BCUT2D eigenvalue weighted by Crippen LogP contribution is -2.29. The molecule has 0 saturated carbocycles. The fourth-order valence-electron chi connectivity index (χ4n) is 1.68. The van der Waals surface area contributed by atoms with Gasteiger partial charge in [0.15, 0.2) is 0 Å². The number of rotatable bonds is 3. The minimum absolute atomic E-state index is 0.205. The van der Waals surface area contributed by atoms with Gasteiger partial charge in [0.25, 0.3) is 0 Å². The highest BCUT2D eigenvalue weighted by atomic mass is 79.9. The standard InChI is InChI=1S/C11H12BrNOS/c12-6-7-13-10(14)8-15-11(13)9-4-2-1-3-5-9/h1-5,11H,6-8H2. The molecule has 1 saturated heterocycles.